The molecule has 1 atom stereocenters. The van der Waals surface area contributed by atoms with Crippen molar-refractivity contribution in [3.63, 3.8) is 0 Å². The maximum atomic E-state index is 11.9. The molecule has 0 aromatic carbocycles. The topological polar surface area (TPSA) is 20.3 Å². The van der Waals surface area contributed by atoms with E-state index in [1.807, 2.05) is 6.92 Å². The number of hydrogen-bond donors (Lipinski definition) is 0. The Kier molecular flexibility index (Phi) is 3.39. The van der Waals surface area contributed by atoms with Crippen LogP contribution in [0.4, 0.5) is 8.78 Å². The van der Waals surface area contributed by atoms with Crippen molar-refractivity contribution in [1.29, 1.82) is 0 Å². The molecule has 0 N–H and O–H groups in total. The zero-order valence-corrected chi connectivity index (χ0v) is 7.59. The van der Waals surface area contributed by atoms with Gasteiger partial charge in [0.2, 0.25) is 5.91 Å². The fourth-order valence-electron chi connectivity index (χ4n) is 1.58. The summed E-state index contributed by atoms with van der Waals surface area (Å²) in [6.07, 6.45) is 0.307. The summed E-state index contributed by atoms with van der Waals surface area (Å²) in [5.74, 6) is -0.298. The molecule has 0 bridgehead atoms. The highest BCUT2D eigenvalue weighted by atomic mass is 19.3. The largest absolute Gasteiger partial charge is 0.342 e. The summed E-state index contributed by atoms with van der Waals surface area (Å²) < 4.78 is 23.7. The second-order valence-corrected chi connectivity index (χ2v) is 3.26. The van der Waals surface area contributed by atoms with Crippen molar-refractivity contribution in [2.24, 2.45) is 5.92 Å². The first-order valence-corrected chi connectivity index (χ1v) is 4.44. The predicted octanol–water partition coefficient (Wildman–Crippen LogP) is 2.03. The predicted molar refractivity (Wildman–Crippen MR) is 45.3 cm³/mol. The first-order chi connectivity index (χ1) is 6.13. The number of carbonyl (C=O) groups is 1. The molecule has 2 nitrogen and oxygen atoms in total. The Labute approximate surface area is 76.2 Å². The van der Waals surface area contributed by atoms with Crippen LogP contribution in [0.1, 0.15) is 19.8 Å². The van der Waals surface area contributed by atoms with Gasteiger partial charge < -0.3 is 4.90 Å². The Morgan fingerprint density at radius 3 is 2.92 bits per heavy atom. The van der Waals surface area contributed by atoms with E-state index >= 15 is 0 Å². The van der Waals surface area contributed by atoms with Crippen LogP contribution < -0.4 is 0 Å². The molecule has 1 saturated heterocycles. The minimum atomic E-state index is -1.68. The minimum absolute atomic E-state index is 0.00986. The fraction of sp³-hybridized carbons (Fsp3) is 0.667. The molecular formula is C9H13F2NO. The Morgan fingerprint density at radius 1 is 1.69 bits per heavy atom. The van der Waals surface area contributed by atoms with Crippen LogP contribution in [0, 0.1) is 5.92 Å². The molecule has 0 aliphatic carbocycles. The highest BCUT2D eigenvalue weighted by molar-refractivity contribution is 5.78. The summed E-state index contributed by atoms with van der Waals surface area (Å²) >= 11 is 0. The summed E-state index contributed by atoms with van der Waals surface area (Å²) in [7, 11) is 0. The zero-order chi connectivity index (χ0) is 9.84. The number of likely N-dealkylation sites (tertiary alicyclic amines) is 1. The zero-order valence-electron chi connectivity index (χ0n) is 7.59. The molecule has 1 aliphatic heterocycles. The lowest BCUT2D eigenvalue weighted by atomic mass is 10.1. The van der Waals surface area contributed by atoms with Gasteiger partial charge in [-0.1, -0.05) is 6.92 Å². The maximum Gasteiger partial charge on any atom is 0.266 e. The summed E-state index contributed by atoms with van der Waals surface area (Å²) in [5.41, 5.74) is 0. The van der Waals surface area contributed by atoms with E-state index in [1.54, 1.807) is 4.90 Å². The van der Waals surface area contributed by atoms with Gasteiger partial charge in [0.25, 0.3) is 6.08 Å². The summed E-state index contributed by atoms with van der Waals surface area (Å²) in [5, 5.41) is 0. The van der Waals surface area contributed by atoms with E-state index in [9.17, 15) is 13.6 Å². The Balaban J connectivity index is 2.50. The standard InChI is InChI=1S/C9H13F2NO/c1-2-3-12-6-7(4-8(10)11)5-9(12)13/h4,7H,2-3,5-6H2,1H3. The Bertz CT molecular complexity index is 224. The highest BCUT2D eigenvalue weighted by Gasteiger charge is 2.27. The molecule has 4 heteroatoms. The molecule has 0 spiro atoms. The summed E-state index contributed by atoms with van der Waals surface area (Å²) in [4.78, 5) is 12.9. The second kappa shape index (κ2) is 4.35. The third-order valence-electron chi connectivity index (χ3n) is 2.10. The van der Waals surface area contributed by atoms with Crippen molar-refractivity contribution in [3.05, 3.63) is 12.2 Å². The number of rotatable bonds is 3. The molecule has 0 aromatic heterocycles. The lowest BCUT2D eigenvalue weighted by Crippen LogP contribution is -2.25. The van der Waals surface area contributed by atoms with Crippen molar-refractivity contribution >= 4 is 5.91 Å². The van der Waals surface area contributed by atoms with E-state index in [4.69, 9.17) is 0 Å². The van der Waals surface area contributed by atoms with E-state index in [0.717, 1.165) is 12.5 Å². The van der Waals surface area contributed by atoms with Gasteiger partial charge in [0.15, 0.2) is 0 Å². The van der Waals surface area contributed by atoms with Gasteiger partial charge in [0, 0.05) is 25.4 Å². The normalized spacial score (nSPS) is 22.2. The Hall–Kier alpha value is -0.930. The van der Waals surface area contributed by atoms with E-state index < -0.39 is 6.08 Å². The van der Waals surface area contributed by atoms with Crippen LogP contribution in [0.25, 0.3) is 0 Å². The van der Waals surface area contributed by atoms with E-state index in [0.29, 0.717) is 13.1 Å². The average molecular weight is 189 g/mol. The summed E-state index contributed by atoms with van der Waals surface area (Å²) in [6.45, 7) is 3.09. The van der Waals surface area contributed by atoms with E-state index in [-0.39, 0.29) is 18.2 Å². The van der Waals surface area contributed by atoms with Crippen molar-refractivity contribution in [2.45, 2.75) is 19.8 Å². The average Bonchev–Trinajstić information content (AvgIpc) is 2.31. The van der Waals surface area contributed by atoms with Crippen LogP contribution in [0.15, 0.2) is 12.2 Å². The van der Waals surface area contributed by atoms with Gasteiger partial charge >= 0.3 is 0 Å². The SMILES string of the molecule is CCCN1CC(C=C(F)F)CC1=O. The van der Waals surface area contributed by atoms with E-state index in [2.05, 4.69) is 0 Å². The van der Waals surface area contributed by atoms with Gasteiger partial charge in [0.05, 0.1) is 0 Å². The molecule has 1 unspecified atom stereocenters. The van der Waals surface area contributed by atoms with Crippen LogP contribution in [0.2, 0.25) is 0 Å². The molecule has 1 heterocycles. The highest BCUT2D eigenvalue weighted by Crippen LogP contribution is 2.20. The van der Waals surface area contributed by atoms with Gasteiger partial charge in [-0.05, 0) is 12.5 Å². The van der Waals surface area contributed by atoms with Crippen LogP contribution in [0.5, 0.6) is 0 Å². The number of carbonyl (C=O) groups excluding carboxylic acids is 1. The smallest absolute Gasteiger partial charge is 0.266 e. The quantitative estimate of drug-likeness (QED) is 0.665. The second-order valence-electron chi connectivity index (χ2n) is 3.26. The third-order valence-corrected chi connectivity index (χ3v) is 2.10. The van der Waals surface area contributed by atoms with Crippen LogP contribution >= 0.6 is 0 Å². The van der Waals surface area contributed by atoms with Crippen molar-refractivity contribution in [3.8, 4) is 0 Å². The molecule has 1 aliphatic rings. The molecular weight excluding hydrogens is 176 g/mol. The minimum Gasteiger partial charge on any atom is -0.342 e. The van der Waals surface area contributed by atoms with Crippen LogP contribution in [-0.2, 0) is 4.79 Å². The van der Waals surface area contributed by atoms with Gasteiger partial charge in [-0.2, -0.15) is 8.78 Å². The first-order valence-electron chi connectivity index (χ1n) is 4.44. The van der Waals surface area contributed by atoms with Crippen LogP contribution in [-0.4, -0.2) is 23.9 Å². The molecule has 1 rings (SSSR count). The molecule has 0 aromatic rings. The monoisotopic (exact) mass is 189 g/mol. The lowest BCUT2D eigenvalue weighted by Gasteiger charge is -2.13. The number of nitrogens with zero attached hydrogens (tertiary/aromatic N) is 1. The third kappa shape index (κ3) is 2.79. The van der Waals surface area contributed by atoms with E-state index in [1.165, 1.54) is 0 Å². The molecule has 0 radical (unpaired) electrons. The first kappa shape index (κ1) is 10.2. The summed E-state index contributed by atoms with van der Waals surface area (Å²) in [6, 6.07) is 0. The number of amides is 1. The van der Waals surface area contributed by atoms with Crippen molar-refractivity contribution < 1.29 is 13.6 Å². The van der Waals surface area contributed by atoms with Crippen LogP contribution in [0.3, 0.4) is 0 Å². The van der Waals surface area contributed by atoms with Gasteiger partial charge in [-0.15, -0.1) is 0 Å². The molecule has 0 saturated carbocycles. The molecule has 74 valence electrons. The number of halogens is 2. The molecule has 1 amide bonds. The lowest BCUT2D eigenvalue weighted by molar-refractivity contribution is -0.127. The maximum absolute atomic E-state index is 11.9. The van der Waals surface area contributed by atoms with Crippen molar-refractivity contribution in [1.82, 2.24) is 4.90 Å². The number of hydrogen-bond acceptors (Lipinski definition) is 1. The fourth-order valence-corrected chi connectivity index (χ4v) is 1.58. The van der Waals surface area contributed by atoms with Crippen molar-refractivity contribution in [2.75, 3.05) is 13.1 Å². The molecule has 1 fully saturated rings. The van der Waals surface area contributed by atoms with Gasteiger partial charge in [-0.25, -0.2) is 0 Å². The van der Waals surface area contributed by atoms with Gasteiger partial charge in [0.1, 0.15) is 0 Å². The molecule has 13 heavy (non-hydrogen) atoms. The Morgan fingerprint density at radius 2 is 2.38 bits per heavy atom. The van der Waals surface area contributed by atoms with Gasteiger partial charge in [-0.3, -0.25) is 4.79 Å².